The molecular formula is C21H17F4NO4S2. The lowest BCUT2D eigenvalue weighted by molar-refractivity contribution is -0.141. The number of aliphatic carboxylic acids is 1. The zero-order chi connectivity index (χ0) is 23.6. The summed E-state index contributed by atoms with van der Waals surface area (Å²) in [4.78, 5) is 25.2. The summed E-state index contributed by atoms with van der Waals surface area (Å²) >= 11 is 6.27. The summed E-state index contributed by atoms with van der Waals surface area (Å²) in [5.74, 6) is -2.88. The minimum absolute atomic E-state index is 0.0403. The molecule has 0 aliphatic carbocycles. The van der Waals surface area contributed by atoms with Crippen molar-refractivity contribution in [1.82, 2.24) is 4.90 Å². The van der Waals surface area contributed by atoms with E-state index in [2.05, 4.69) is 0 Å². The van der Waals surface area contributed by atoms with Gasteiger partial charge >= 0.3 is 12.1 Å². The van der Waals surface area contributed by atoms with Gasteiger partial charge in [-0.3, -0.25) is 14.5 Å². The molecule has 1 fully saturated rings. The van der Waals surface area contributed by atoms with E-state index in [1.54, 1.807) is 6.92 Å². The van der Waals surface area contributed by atoms with Gasteiger partial charge < -0.3 is 9.52 Å². The number of alkyl halides is 3. The van der Waals surface area contributed by atoms with Crippen molar-refractivity contribution in [2.75, 3.05) is 6.54 Å². The van der Waals surface area contributed by atoms with Gasteiger partial charge in [0.05, 0.1) is 16.4 Å². The lowest BCUT2D eigenvalue weighted by atomic mass is 10.1. The molecule has 1 aromatic heterocycles. The average molecular weight is 487 g/mol. The van der Waals surface area contributed by atoms with E-state index in [0.29, 0.717) is 23.2 Å². The molecule has 32 heavy (non-hydrogen) atoms. The highest BCUT2D eigenvalue weighted by molar-refractivity contribution is 8.26. The Morgan fingerprint density at radius 3 is 2.69 bits per heavy atom. The Morgan fingerprint density at radius 2 is 2.03 bits per heavy atom. The molecule has 2 heterocycles. The molecule has 170 valence electrons. The van der Waals surface area contributed by atoms with Gasteiger partial charge in [-0.25, -0.2) is 4.39 Å². The number of hydrogen-bond acceptors (Lipinski definition) is 5. The van der Waals surface area contributed by atoms with Gasteiger partial charge in [-0.05, 0) is 43.2 Å². The van der Waals surface area contributed by atoms with Crippen molar-refractivity contribution in [3.63, 3.8) is 0 Å². The fourth-order valence-electron chi connectivity index (χ4n) is 2.98. The highest BCUT2D eigenvalue weighted by Crippen LogP contribution is 2.36. The fraction of sp³-hybridized carbons (Fsp3) is 0.286. The highest BCUT2D eigenvalue weighted by Gasteiger charge is 2.35. The summed E-state index contributed by atoms with van der Waals surface area (Å²) in [5, 5.41) is 8.93. The maximum atomic E-state index is 13.5. The van der Waals surface area contributed by atoms with Crippen LogP contribution in [0.1, 0.15) is 31.1 Å². The van der Waals surface area contributed by atoms with Gasteiger partial charge in [0.1, 0.15) is 21.7 Å². The van der Waals surface area contributed by atoms with Crippen molar-refractivity contribution < 1.29 is 36.7 Å². The van der Waals surface area contributed by atoms with Crippen LogP contribution in [0.3, 0.4) is 0 Å². The number of carbonyl (C=O) groups excluding carboxylic acids is 1. The molecule has 3 rings (SSSR count). The van der Waals surface area contributed by atoms with E-state index in [9.17, 15) is 27.2 Å². The Hall–Kier alpha value is -2.66. The first-order valence-electron chi connectivity index (χ1n) is 9.42. The summed E-state index contributed by atoms with van der Waals surface area (Å²) in [6.45, 7) is 1.86. The Bertz CT molecular complexity index is 1090. The number of thioether (sulfide) groups is 1. The fourth-order valence-corrected chi connectivity index (χ4v) is 4.27. The monoisotopic (exact) mass is 487 g/mol. The number of thiocarbonyl (C=S) groups is 1. The zero-order valence-corrected chi connectivity index (χ0v) is 18.2. The summed E-state index contributed by atoms with van der Waals surface area (Å²) in [6, 6.07) is 5.46. The van der Waals surface area contributed by atoms with Gasteiger partial charge in [0, 0.05) is 18.2 Å². The molecule has 2 aromatic rings. The number of carbonyl (C=O) groups is 2. The highest BCUT2D eigenvalue weighted by atomic mass is 32.2. The molecule has 11 heteroatoms. The Morgan fingerprint density at radius 1 is 1.31 bits per heavy atom. The molecule has 1 N–H and O–H groups in total. The van der Waals surface area contributed by atoms with Crippen LogP contribution in [-0.2, 0) is 15.8 Å². The number of nitrogens with zero attached hydrogens (tertiary/aromatic N) is 1. The molecular weight excluding hydrogens is 470 g/mol. The van der Waals surface area contributed by atoms with Crippen molar-refractivity contribution >= 4 is 46.3 Å². The van der Waals surface area contributed by atoms with E-state index in [0.717, 1.165) is 17.8 Å². The summed E-state index contributed by atoms with van der Waals surface area (Å²) in [5.41, 5.74) is -1.36. The molecule has 0 saturated carbocycles. The van der Waals surface area contributed by atoms with Crippen LogP contribution in [0.2, 0.25) is 0 Å². The van der Waals surface area contributed by atoms with E-state index in [-0.39, 0.29) is 34.4 Å². The molecule has 1 atom stereocenters. The quantitative estimate of drug-likeness (QED) is 0.302. The van der Waals surface area contributed by atoms with Crippen LogP contribution < -0.4 is 0 Å². The van der Waals surface area contributed by atoms with Gasteiger partial charge in [0.2, 0.25) is 0 Å². The van der Waals surface area contributed by atoms with Gasteiger partial charge in [-0.2, -0.15) is 13.2 Å². The van der Waals surface area contributed by atoms with E-state index in [4.69, 9.17) is 21.7 Å². The summed E-state index contributed by atoms with van der Waals surface area (Å²) in [7, 11) is 0. The zero-order valence-electron chi connectivity index (χ0n) is 16.6. The second-order valence-electron chi connectivity index (χ2n) is 7.11. The standard InChI is InChI=1S/C21H17F4NO4S2/c1-11(19(28)29)3-2-8-26-18(27)17(32-20(26)31)10-13-5-7-16(30-13)12-4-6-15(22)14(9-12)21(23,24)25/h4-7,9-11H,2-3,8H2,1H3,(H,28,29)/b17-10-. The molecule has 1 aliphatic heterocycles. The molecule has 1 unspecified atom stereocenters. The topological polar surface area (TPSA) is 70.8 Å². The predicted molar refractivity (Wildman–Crippen MR) is 115 cm³/mol. The molecule has 0 bridgehead atoms. The van der Waals surface area contributed by atoms with Crippen LogP contribution in [0.25, 0.3) is 17.4 Å². The first-order valence-corrected chi connectivity index (χ1v) is 10.6. The number of carboxylic acid groups (broad SMARTS) is 1. The van der Waals surface area contributed by atoms with Crippen LogP contribution in [0.5, 0.6) is 0 Å². The molecule has 5 nitrogen and oxygen atoms in total. The molecule has 0 spiro atoms. The first-order chi connectivity index (χ1) is 15.0. The van der Waals surface area contributed by atoms with Crippen LogP contribution in [-0.4, -0.2) is 32.7 Å². The maximum Gasteiger partial charge on any atom is 0.419 e. The number of halogens is 4. The summed E-state index contributed by atoms with van der Waals surface area (Å²) in [6.07, 6.45) is -2.56. The molecule has 0 radical (unpaired) electrons. The Kier molecular flexibility index (Phi) is 7.09. The predicted octanol–water partition coefficient (Wildman–Crippen LogP) is 5.81. The van der Waals surface area contributed by atoms with Crippen LogP contribution in [0.15, 0.2) is 39.7 Å². The third kappa shape index (κ3) is 5.39. The SMILES string of the molecule is CC(CCCN1C(=O)/C(=C/c2ccc(-c3ccc(F)c(C(F)(F)F)c3)o2)SC1=S)C(=O)O. The van der Waals surface area contributed by atoms with Crippen molar-refractivity contribution in [3.05, 3.63) is 52.4 Å². The number of furan rings is 1. The van der Waals surface area contributed by atoms with Crippen molar-refractivity contribution in [2.45, 2.75) is 25.9 Å². The van der Waals surface area contributed by atoms with Crippen LogP contribution >= 0.6 is 24.0 Å². The molecule has 1 aromatic carbocycles. The van der Waals surface area contributed by atoms with Crippen LogP contribution in [0, 0.1) is 11.7 Å². The molecule has 1 saturated heterocycles. The number of carboxylic acids is 1. The van der Waals surface area contributed by atoms with Crippen molar-refractivity contribution in [3.8, 4) is 11.3 Å². The number of rotatable bonds is 7. The van der Waals surface area contributed by atoms with E-state index in [1.165, 1.54) is 29.2 Å². The lowest BCUT2D eigenvalue weighted by Crippen LogP contribution is -2.29. The maximum absolute atomic E-state index is 13.5. The smallest absolute Gasteiger partial charge is 0.419 e. The van der Waals surface area contributed by atoms with Gasteiger partial charge in [0.15, 0.2) is 0 Å². The second kappa shape index (κ2) is 9.45. The largest absolute Gasteiger partial charge is 0.481 e. The molecule has 1 amide bonds. The van der Waals surface area contributed by atoms with Gasteiger partial charge in [-0.1, -0.05) is 30.9 Å². The van der Waals surface area contributed by atoms with E-state index in [1.807, 2.05) is 0 Å². The number of hydrogen-bond donors (Lipinski definition) is 1. The number of amides is 1. The first kappa shape index (κ1) is 24.0. The Balaban J connectivity index is 1.73. The van der Waals surface area contributed by atoms with Gasteiger partial charge in [0.25, 0.3) is 5.91 Å². The van der Waals surface area contributed by atoms with Crippen LogP contribution in [0.4, 0.5) is 17.6 Å². The van der Waals surface area contributed by atoms with Gasteiger partial charge in [-0.15, -0.1) is 0 Å². The van der Waals surface area contributed by atoms with Crippen molar-refractivity contribution in [2.24, 2.45) is 5.92 Å². The minimum Gasteiger partial charge on any atom is -0.481 e. The number of benzene rings is 1. The lowest BCUT2D eigenvalue weighted by Gasteiger charge is -2.15. The third-order valence-corrected chi connectivity index (χ3v) is 6.15. The van der Waals surface area contributed by atoms with E-state index >= 15 is 0 Å². The average Bonchev–Trinajstić information content (AvgIpc) is 3.27. The third-order valence-electron chi connectivity index (χ3n) is 4.77. The normalized spacial score (nSPS) is 16.8. The Labute approximate surface area is 190 Å². The second-order valence-corrected chi connectivity index (χ2v) is 8.79. The molecule has 1 aliphatic rings. The summed E-state index contributed by atoms with van der Waals surface area (Å²) < 4.78 is 58.2. The van der Waals surface area contributed by atoms with Crippen molar-refractivity contribution in [1.29, 1.82) is 0 Å². The van der Waals surface area contributed by atoms with E-state index < -0.39 is 29.4 Å². The minimum atomic E-state index is -4.84.